The molecule has 5 atom stereocenters. The van der Waals surface area contributed by atoms with Gasteiger partial charge in [0.2, 0.25) is 0 Å². The third-order valence-corrected chi connectivity index (χ3v) is 2.25. The molecule has 1 saturated heterocycles. The Hall–Kier alpha value is -0.730. The van der Waals surface area contributed by atoms with E-state index in [1.165, 1.54) is 0 Å². The predicted octanol–water partition coefficient (Wildman–Crippen LogP) is -2.74. The van der Waals surface area contributed by atoms with Crippen molar-refractivity contribution in [3.8, 4) is 0 Å². The number of carbonyl (C=O) groups is 1. The molecule has 1 aliphatic heterocycles. The van der Waals surface area contributed by atoms with Crippen LogP contribution >= 0.6 is 0 Å². The van der Waals surface area contributed by atoms with E-state index in [4.69, 9.17) is 15.3 Å². The molecule has 0 aromatic carbocycles. The number of carboxylic acids is 1. The van der Waals surface area contributed by atoms with Gasteiger partial charge in [-0.25, -0.2) is 4.79 Å². The zero-order chi connectivity index (χ0) is 11.1. The van der Waals surface area contributed by atoms with Crippen molar-refractivity contribution in [1.29, 1.82) is 0 Å². The number of aliphatic carboxylic acids is 1. The highest BCUT2D eigenvalue weighted by Crippen LogP contribution is 2.28. The van der Waals surface area contributed by atoms with Crippen LogP contribution in [0.5, 0.6) is 0 Å². The minimum Gasteiger partial charge on any atom is -0.479 e. The summed E-state index contributed by atoms with van der Waals surface area (Å²) >= 11 is 0. The summed E-state index contributed by atoms with van der Waals surface area (Å²) < 4.78 is 4.44. The molecule has 0 saturated carbocycles. The van der Waals surface area contributed by atoms with E-state index in [1.54, 1.807) is 0 Å². The van der Waals surface area contributed by atoms with Crippen LogP contribution in [-0.4, -0.2) is 61.7 Å². The number of hydrogen-bond acceptors (Lipinski definition) is 6. The van der Waals surface area contributed by atoms with Crippen molar-refractivity contribution in [1.82, 2.24) is 0 Å². The van der Waals surface area contributed by atoms with E-state index in [2.05, 4.69) is 4.74 Å². The highest BCUT2D eigenvalue weighted by molar-refractivity contribution is 5.74. The topological polar surface area (TPSA) is 127 Å². The van der Waals surface area contributed by atoms with Crippen LogP contribution in [0.4, 0.5) is 0 Å². The fourth-order valence-corrected chi connectivity index (χ4v) is 1.32. The first-order chi connectivity index (χ1) is 6.28. The SMILES string of the molecule is C[C@@]1(O)[C@@H](C(=O)O)OC(O)[C@H](O)[C@H]1O. The standard InChI is InChI=1S/C7H12O7/c1-7(13)3(9)2(8)6(12)14-4(7)5(10)11/h2-4,6,8-9,12-13H,1H3,(H,10,11)/t2-,3-,4-,6?,7+/m1/s1. The molecule has 0 spiro atoms. The lowest BCUT2D eigenvalue weighted by Gasteiger charge is -2.43. The molecule has 14 heavy (non-hydrogen) atoms. The van der Waals surface area contributed by atoms with Crippen molar-refractivity contribution in [2.24, 2.45) is 0 Å². The number of aliphatic hydroxyl groups excluding tert-OH is 3. The molecule has 0 aromatic rings. The molecule has 1 heterocycles. The Balaban J connectivity index is 2.95. The van der Waals surface area contributed by atoms with Crippen molar-refractivity contribution in [3.63, 3.8) is 0 Å². The van der Waals surface area contributed by atoms with Crippen LogP contribution in [0, 0.1) is 0 Å². The van der Waals surface area contributed by atoms with Gasteiger partial charge in [-0.05, 0) is 6.92 Å². The molecular weight excluding hydrogens is 196 g/mol. The van der Waals surface area contributed by atoms with Crippen LogP contribution in [0.1, 0.15) is 6.92 Å². The van der Waals surface area contributed by atoms with E-state index >= 15 is 0 Å². The lowest BCUT2D eigenvalue weighted by molar-refractivity contribution is -0.307. The third kappa shape index (κ3) is 1.60. The van der Waals surface area contributed by atoms with Gasteiger partial charge in [-0.3, -0.25) is 0 Å². The highest BCUT2D eigenvalue weighted by Gasteiger charge is 2.54. The summed E-state index contributed by atoms with van der Waals surface area (Å²) in [6.45, 7) is 1.01. The summed E-state index contributed by atoms with van der Waals surface area (Å²) in [4.78, 5) is 10.6. The second kappa shape index (κ2) is 3.44. The van der Waals surface area contributed by atoms with E-state index in [9.17, 15) is 15.0 Å². The number of carboxylic acid groups (broad SMARTS) is 1. The normalized spacial score (nSPS) is 48.9. The Labute approximate surface area is 79.2 Å². The molecule has 82 valence electrons. The summed E-state index contributed by atoms with van der Waals surface area (Å²) in [5, 5.41) is 45.5. The molecule has 7 heteroatoms. The largest absolute Gasteiger partial charge is 0.479 e. The summed E-state index contributed by atoms with van der Waals surface area (Å²) in [7, 11) is 0. The van der Waals surface area contributed by atoms with Gasteiger partial charge in [0, 0.05) is 0 Å². The fraction of sp³-hybridized carbons (Fsp3) is 0.857. The summed E-state index contributed by atoms with van der Waals surface area (Å²) in [5.74, 6) is -1.53. The van der Waals surface area contributed by atoms with E-state index in [1.807, 2.05) is 0 Å². The number of ether oxygens (including phenoxy) is 1. The zero-order valence-corrected chi connectivity index (χ0v) is 7.36. The van der Waals surface area contributed by atoms with Crippen LogP contribution < -0.4 is 0 Å². The van der Waals surface area contributed by atoms with E-state index in [0.29, 0.717) is 0 Å². The van der Waals surface area contributed by atoms with Crippen molar-refractivity contribution < 1.29 is 35.1 Å². The average molecular weight is 208 g/mol. The van der Waals surface area contributed by atoms with Crippen LogP contribution in [0.2, 0.25) is 0 Å². The van der Waals surface area contributed by atoms with Gasteiger partial charge in [0.1, 0.15) is 17.8 Å². The number of aliphatic hydroxyl groups is 4. The van der Waals surface area contributed by atoms with Gasteiger partial charge in [-0.15, -0.1) is 0 Å². The average Bonchev–Trinajstić information content (AvgIpc) is 2.08. The molecule has 0 amide bonds. The maximum absolute atomic E-state index is 10.6. The van der Waals surface area contributed by atoms with E-state index in [-0.39, 0.29) is 0 Å². The number of hydrogen-bond donors (Lipinski definition) is 5. The summed E-state index contributed by atoms with van der Waals surface area (Å²) in [6, 6.07) is 0. The third-order valence-electron chi connectivity index (χ3n) is 2.25. The Kier molecular flexibility index (Phi) is 2.79. The molecule has 0 radical (unpaired) electrons. The molecule has 1 fully saturated rings. The molecule has 5 N–H and O–H groups in total. The van der Waals surface area contributed by atoms with Gasteiger partial charge in [-0.2, -0.15) is 0 Å². The molecule has 1 unspecified atom stereocenters. The second-order valence-electron chi connectivity index (χ2n) is 3.41. The van der Waals surface area contributed by atoms with Crippen molar-refractivity contribution in [2.45, 2.75) is 37.1 Å². The quantitative estimate of drug-likeness (QED) is 0.316. The zero-order valence-electron chi connectivity index (χ0n) is 7.36. The van der Waals surface area contributed by atoms with Gasteiger partial charge in [0.25, 0.3) is 0 Å². The first-order valence-corrected chi connectivity index (χ1v) is 3.93. The molecule has 0 aliphatic carbocycles. The predicted molar refractivity (Wildman–Crippen MR) is 41.2 cm³/mol. The maximum atomic E-state index is 10.6. The van der Waals surface area contributed by atoms with Crippen molar-refractivity contribution >= 4 is 5.97 Å². The fourth-order valence-electron chi connectivity index (χ4n) is 1.32. The first-order valence-electron chi connectivity index (χ1n) is 3.93. The Morgan fingerprint density at radius 2 is 1.86 bits per heavy atom. The Morgan fingerprint density at radius 1 is 1.36 bits per heavy atom. The van der Waals surface area contributed by atoms with E-state index < -0.39 is 36.2 Å². The number of rotatable bonds is 1. The molecule has 7 nitrogen and oxygen atoms in total. The second-order valence-corrected chi connectivity index (χ2v) is 3.41. The smallest absolute Gasteiger partial charge is 0.336 e. The maximum Gasteiger partial charge on any atom is 0.336 e. The van der Waals surface area contributed by atoms with E-state index in [0.717, 1.165) is 6.92 Å². The van der Waals surface area contributed by atoms with Crippen LogP contribution in [0.25, 0.3) is 0 Å². The molecule has 0 bridgehead atoms. The molecular formula is C7H12O7. The van der Waals surface area contributed by atoms with Gasteiger partial charge in [0.05, 0.1) is 0 Å². The minimum atomic E-state index is -2.15. The summed E-state index contributed by atoms with van der Waals surface area (Å²) in [6.07, 6.45) is -7.13. The molecule has 1 aliphatic rings. The van der Waals surface area contributed by atoms with Gasteiger partial charge in [0.15, 0.2) is 12.4 Å². The first kappa shape index (κ1) is 11.3. The minimum absolute atomic E-state index is 1.01. The van der Waals surface area contributed by atoms with Gasteiger partial charge >= 0.3 is 5.97 Å². The molecule has 1 rings (SSSR count). The van der Waals surface area contributed by atoms with Crippen LogP contribution in [0.3, 0.4) is 0 Å². The lowest BCUT2D eigenvalue weighted by atomic mass is 9.86. The van der Waals surface area contributed by atoms with Gasteiger partial charge in [-0.1, -0.05) is 0 Å². The van der Waals surface area contributed by atoms with Crippen molar-refractivity contribution in [3.05, 3.63) is 0 Å². The monoisotopic (exact) mass is 208 g/mol. The van der Waals surface area contributed by atoms with Crippen LogP contribution in [-0.2, 0) is 9.53 Å². The van der Waals surface area contributed by atoms with Gasteiger partial charge < -0.3 is 30.3 Å². The van der Waals surface area contributed by atoms with Crippen molar-refractivity contribution in [2.75, 3.05) is 0 Å². The molecule has 0 aromatic heterocycles. The summed E-state index contributed by atoms with van der Waals surface area (Å²) in [5.41, 5.74) is -2.15. The van der Waals surface area contributed by atoms with Crippen LogP contribution in [0.15, 0.2) is 0 Å². The Bertz CT molecular complexity index is 238. The Morgan fingerprint density at radius 3 is 2.29 bits per heavy atom. The highest BCUT2D eigenvalue weighted by atomic mass is 16.6. The lowest BCUT2D eigenvalue weighted by Crippen LogP contribution is -2.66.